The quantitative estimate of drug-likeness (QED) is 0.580. The molecule has 2 aromatic heterocycles. The fourth-order valence-corrected chi connectivity index (χ4v) is 3.55. The van der Waals surface area contributed by atoms with E-state index in [4.69, 9.17) is 23.2 Å². The molecule has 0 saturated heterocycles. The van der Waals surface area contributed by atoms with Crippen LogP contribution in [0.15, 0.2) is 23.4 Å². The number of hydrogen-bond acceptors (Lipinski definition) is 5. The molecule has 0 N–H and O–H groups in total. The topological polar surface area (TPSA) is 63.4 Å². The van der Waals surface area contributed by atoms with Gasteiger partial charge in [-0.05, 0) is 31.7 Å². The lowest BCUT2D eigenvalue weighted by Crippen LogP contribution is -2.28. The van der Waals surface area contributed by atoms with Gasteiger partial charge in [0.2, 0.25) is 11.1 Å². The SMILES string of the molecule is CSc1nc2nc(C)c(CC(=O)N(C)Cc3cccc(Cl)c3Cl)c(C)n2n1. The number of benzene rings is 1. The van der Waals surface area contributed by atoms with Gasteiger partial charge in [-0.2, -0.15) is 4.98 Å². The van der Waals surface area contributed by atoms with E-state index < -0.39 is 0 Å². The first kappa shape index (κ1) is 19.9. The Balaban J connectivity index is 1.83. The van der Waals surface area contributed by atoms with Crippen LogP contribution in [0.4, 0.5) is 0 Å². The zero-order valence-electron chi connectivity index (χ0n) is 15.5. The lowest BCUT2D eigenvalue weighted by atomic mass is 10.1. The Hall–Kier alpha value is -1.83. The number of rotatable bonds is 5. The van der Waals surface area contributed by atoms with Crippen molar-refractivity contribution in [2.45, 2.75) is 32.0 Å². The molecule has 0 atom stereocenters. The molecular weight excluding hydrogens is 405 g/mol. The number of thioether (sulfide) groups is 1. The van der Waals surface area contributed by atoms with E-state index in [1.807, 2.05) is 32.2 Å². The Morgan fingerprint density at radius 3 is 2.70 bits per heavy atom. The lowest BCUT2D eigenvalue weighted by Gasteiger charge is -2.19. The van der Waals surface area contributed by atoms with Crippen LogP contribution in [-0.4, -0.2) is 43.7 Å². The molecule has 1 amide bonds. The first-order valence-corrected chi connectivity index (χ1v) is 10.2. The van der Waals surface area contributed by atoms with Crippen molar-refractivity contribution in [2.75, 3.05) is 13.3 Å². The van der Waals surface area contributed by atoms with Gasteiger partial charge in [0.05, 0.1) is 16.5 Å². The third-order valence-electron chi connectivity index (χ3n) is 4.40. The fourth-order valence-electron chi connectivity index (χ4n) is 2.83. The number of halogens is 2. The summed E-state index contributed by atoms with van der Waals surface area (Å²) in [6, 6.07) is 5.41. The third kappa shape index (κ3) is 4.05. The second-order valence-electron chi connectivity index (χ2n) is 6.21. The molecule has 0 aliphatic carbocycles. The molecule has 9 heteroatoms. The molecule has 0 bridgehead atoms. The first-order chi connectivity index (χ1) is 12.8. The minimum atomic E-state index is -0.0383. The molecule has 0 spiro atoms. The number of amides is 1. The highest BCUT2D eigenvalue weighted by molar-refractivity contribution is 7.98. The number of fused-ring (bicyclic) bond motifs is 1. The van der Waals surface area contributed by atoms with Crippen molar-refractivity contribution in [3.63, 3.8) is 0 Å². The first-order valence-electron chi connectivity index (χ1n) is 8.25. The number of likely N-dealkylation sites (N-methyl/N-ethyl adjacent to an activating group) is 1. The summed E-state index contributed by atoms with van der Waals surface area (Å²) in [5, 5.41) is 6.03. The van der Waals surface area contributed by atoms with Gasteiger partial charge >= 0.3 is 0 Å². The van der Waals surface area contributed by atoms with Gasteiger partial charge in [-0.25, -0.2) is 9.50 Å². The van der Waals surface area contributed by atoms with Crippen molar-refractivity contribution in [2.24, 2.45) is 0 Å². The van der Waals surface area contributed by atoms with Gasteiger partial charge in [0.1, 0.15) is 0 Å². The Morgan fingerprint density at radius 2 is 2.00 bits per heavy atom. The molecule has 3 rings (SSSR count). The molecule has 0 aliphatic heterocycles. The van der Waals surface area contributed by atoms with Gasteiger partial charge in [0, 0.05) is 30.5 Å². The number of hydrogen-bond donors (Lipinski definition) is 0. The molecule has 3 aromatic rings. The van der Waals surface area contributed by atoms with E-state index >= 15 is 0 Å². The Kier molecular flexibility index (Phi) is 5.93. The second-order valence-corrected chi connectivity index (χ2v) is 7.77. The second kappa shape index (κ2) is 8.04. The zero-order valence-corrected chi connectivity index (χ0v) is 17.8. The number of aromatic nitrogens is 4. The Labute approximate surface area is 171 Å². The summed E-state index contributed by atoms with van der Waals surface area (Å²) in [5.41, 5.74) is 3.31. The molecular formula is C18H19Cl2N5OS. The molecule has 1 aromatic carbocycles. The van der Waals surface area contributed by atoms with E-state index in [0.717, 1.165) is 22.5 Å². The zero-order chi connectivity index (χ0) is 19.7. The van der Waals surface area contributed by atoms with E-state index in [2.05, 4.69) is 15.1 Å². The van der Waals surface area contributed by atoms with Crippen molar-refractivity contribution >= 4 is 46.6 Å². The number of aryl methyl sites for hydroxylation is 2. The third-order valence-corrected chi connectivity index (χ3v) is 5.80. The summed E-state index contributed by atoms with van der Waals surface area (Å²) >= 11 is 13.7. The molecule has 142 valence electrons. The molecule has 0 radical (unpaired) electrons. The van der Waals surface area contributed by atoms with Crippen LogP contribution < -0.4 is 0 Å². The smallest absolute Gasteiger partial charge is 0.253 e. The Morgan fingerprint density at radius 1 is 1.26 bits per heavy atom. The fraction of sp³-hybridized carbons (Fsp3) is 0.333. The minimum Gasteiger partial charge on any atom is -0.341 e. The molecule has 27 heavy (non-hydrogen) atoms. The van der Waals surface area contributed by atoms with Gasteiger partial charge < -0.3 is 4.90 Å². The largest absolute Gasteiger partial charge is 0.341 e. The maximum absolute atomic E-state index is 12.8. The average Bonchev–Trinajstić information content (AvgIpc) is 3.05. The predicted octanol–water partition coefficient (Wildman–Crippen LogP) is 3.97. The van der Waals surface area contributed by atoms with Crippen LogP contribution in [0.25, 0.3) is 5.78 Å². The van der Waals surface area contributed by atoms with E-state index in [9.17, 15) is 4.79 Å². The van der Waals surface area contributed by atoms with Gasteiger partial charge in [-0.15, -0.1) is 5.10 Å². The highest BCUT2D eigenvalue weighted by Gasteiger charge is 2.19. The summed E-state index contributed by atoms with van der Waals surface area (Å²) < 4.78 is 1.69. The van der Waals surface area contributed by atoms with Crippen molar-refractivity contribution in [1.82, 2.24) is 24.5 Å². The van der Waals surface area contributed by atoms with Crippen molar-refractivity contribution < 1.29 is 4.79 Å². The number of nitrogens with zero attached hydrogens (tertiary/aromatic N) is 5. The van der Waals surface area contributed by atoms with Crippen molar-refractivity contribution in [1.29, 1.82) is 0 Å². The van der Waals surface area contributed by atoms with Crippen LogP contribution in [0.1, 0.15) is 22.5 Å². The predicted molar refractivity (Wildman–Crippen MR) is 109 cm³/mol. The van der Waals surface area contributed by atoms with Crippen LogP contribution in [0.3, 0.4) is 0 Å². The summed E-state index contributed by atoms with van der Waals surface area (Å²) in [6.45, 7) is 4.19. The monoisotopic (exact) mass is 423 g/mol. The highest BCUT2D eigenvalue weighted by atomic mass is 35.5. The lowest BCUT2D eigenvalue weighted by molar-refractivity contribution is -0.129. The van der Waals surface area contributed by atoms with E-state index in [-0.39, 0.29) is 12.3 Å². The molecule has 0 fully saturated rings. The van der Waals surface area contributed by atoms with Crippen LogP contribution in [0, 0.1) is 13.8 Å². The van der Waals surface area contributed by atoms with Crippen molar-refractivity contribution in [3.8, 4) is 0 Å². The van der Waals surface area contributed by atoms with Crippen LogP contribution >= 0.6 is 35.0 Å². The van der Waals surface area contributed by atoms with E-state index in [1.54, 1.807) is 22.5 Å². The molecule has 0 aliphatic rings. The van der Waals surface area contributed by atoms with Gasteiger partial charge in [0.25, 0.3) is 5.78 Å². The van der Waals surface area contributed by atoms with Gasteiger partial charge in [-0.3, -0.25) is 4.79 Å². The number of carbonyl (C=O) groups excluding carboxylic acids is 1. The normalized spacial score (nSPS) is 11.2. The Bertz CT molecular complexity index is 1020. The molecule has 0 unspecified atom stereocenters. The number of carbonyl (C=O) groups is 1. The van der Waals surface area contributed by atoms with Gasteiger partial charge in [0.15, 0.2) is 0 Å². The van der Waals surface area contributed by atoms with Crippen LogP contribution in [-0.2, 0) is 17.8 Å². The van der Waals surface area contributed by atoms with Gasteiger partial charge in [-0.1, -0.05) is 47.1 Å². The maximum Gasteiger partial charge on any atom is 0.253 e. The van der Waals surface area contributed by atoms with Crippen molar-refractivity contribution in [3.05, 3.63) is 50.8 Å². The summed E-state index contributed by atoms with van der Waals surface area (Å²) in [7, 11) is 1.75. The average molecular weight is 424 g/mol. The van der Waals surface area contributed by atoms with Crippen LogP contribution in [0.2, 0.25) is 10.0 Å². The van der Waals surface area contributed by atoms with E-state index in [0.29, 0.717) is 27.5 Å². The summed E-state index contributed by atoms with van der Waals surface area (Å²) in [4.78, 5) is 23.3. The molecule has 2 heterocycles. The van der Waals surface area contributed by atoms with E-state index in [1.165, 1.54) is 11.8 Å². The molecule has 6 nitrogen and oxygen atoms in total. The summed E-state index contributed by atoms with van der Waals surface area (Å²) in [6.07, 6.45) is 2.14. The highest BCUT2D eigenvalue weighted by Crippen LogP contribution is 2.26. The molecule has 0 saturated carbocycles. The van der Waals surface area contributed by atoms with Crippen LogP contribution in [0.5, 0.6) is 0 Å². The summed E-state index contributed by atoms with van der Waals surface area (Å²) in [5.74, 6) is 0.508. The minimum absolute atomic E-state index is 0.0383. The maximum atomic E-state index is 12.8. The standard InChI is InChI=1S/C18H19Cl2N5OS/c1-10-13(11(2)25-17(21-10)22-18(23-25)27-4)8-15(26)24(3)9-12-6-5-7-14(19)16(12)20/h5-7H,8-9H2,1-4H3.